The van der Waals surface area contributed by atoms with E-state index in [-0.39, 0.29) is 0 Å². The van der Waals surface area contributed by atoms with E-state index in [0.29, 0.717) is 5.46 Å². The van der Waals surface area contributed by atoms with Crippen molar-refractivity contribution in [2.45, 2.75) is 6.92 Å². The second-order valence-corrected chi connectivity index (χ2v) is 2.78. The molecule has 0 unspecified atom stereocenters. The van der Waals surface area contributed by atoms with Gasteiger partial charge in [0.25, 0.3) is 0 Å². The first-order chi connectivity index (χ1) is 5.61. The third kappa shape index (κ3) is 1.97. The fourth-order valence-corrected chi connectivity index (χ4v) is 0.940. The maximum absolute atomic E-state index is 8.79. The van der Waals surface area contributed by atoms with Crippen molar-refractivity contribution < 1.29 is 10.0 Å². The van der Waals surface area contributed by atoms with E-state index in [1.165, 1.54) is 0 Å². The van der Waals surface area contributed by atoms with Crippen molar-refractivity contribution in [3.8, 4) is 0 Å². The Bertz CT molecular complexity index is 277. The lowest BCUT2D eigenvalue weighted by molar-refractivity contribution is 0.426. The van der Waals surface area contributed by atoms with Crippen LogP contribution in [0.25, 0.3) is 5.57 Å². The van der Waals surface area contributed by atoms with Gasteiger partial charge in [-0.25, -0.2) is 0 Å². The van der Waals surface area contributed by atoms with Gasteiger partial charge in [-0.15, -0.1) is 0 Å². The maximum atomic E-state index is 8.79. The van der Waals surface area contributed by atoms with Gasteiger partial charge in [0.05, 0.1) is 0 Å². The zero-order valence-corrected chi connectivity index (χ0v) is 6.99. The molecule has 0 aliphatic rings. The molecule has 0 saturated heterocycles. The third-order valence-electron chi connectivity index (χ3n) is 1.70. The molecule has 0 fully saturated rings. The van der Waals surface area contributed by atoms with Crippen molar-refractivity contribution in [3.05, 3.63) is 36.4 Å². The van der Waals surface area contributed by atoms with E-state index >= 15 is 0 Å². The Hall–Kier alpha value is -1.06. The fourth-order valence-electron chi connectivity index (χ4n) is 0.940. The predicted molar refractivity (Wildman–Crippen MR) is 51.0 cm³/mol. The number of hydrogen-bond acceptors (Lipinski definition) is 2. The number of hydrogen-bond donors (Lipinski definition) is 2. The second kappa shape index (κ2) is 3.56. The molecule has 2 N–H and O–H groups in total. The van der Waals surface area contributed by atoms with E-state index < -0.39 is 7.12 Å². The highest BCUT2D eigenvalue weighted by Gasteiger charge is 2.09. The first-order valence-corrected chi connectivity index (χ1v) is 3.73. The van der Waals surface area contributed by atoms with Crippen LogP contribution in [-0.2, 0) is 0 Å². The van der Waals surface area contributed by atoms with Gasteiger partial charge in [-0.05, 0) is 17.9 Å². The molecule has 1 aromatic rings. The van der Waals surface area contributed by atoms with Crippen LogP contribution in [-0.4, -0.2) is 17.2 Å². The summed E-state index contributed by atoms with van der Waals surface area (Å²) in [6, 6.07) is 6.98. The molecule has 0 bridgehead atoms. The van der Waals surface area contributed by atoms with E-state index in [1.807, 2.05) is 19.1 Å². The predicted octanol–water partition coefficient (Wildman–Crippen LogP) is 0.400. The summed E-state index contributed by atoms with van der Waals surface area (Å²) in [5.74, 6) is 0. The molecule has 2 nitrogen and oxygen atoms in total. The average molecular weight is 162 g/mol. The molecule has 0 aromatic heterocycles. The van der Waals surface area contributed by atoms with Crippen LogP contribution in [0, 0.1) is 0 Å². The monoisotopic (exact) mass is 162 g/mol. The Morgan fingerprint density at radius 1 is 1.25 bits per heavy atom. The molecule has 3 heteroatoms. The van der Waals surface area contributed by atoms with E-state index in [0.717, 1.165) is 11.1 Å². The van der Waals surface area contributed by atoms with Crippen molar-refractivity contribution in [2.75, 3.05) is 0 Å². The van der Waals surface area contributed by atoms with Gasteiger partial charge in [-0.3, -0.25) is 0 Å². The lowest BCUT2D eigenvalue weighted by atomic mass is 9.80. The number of benzene rings is 1. The lowest BCUT2D eigenvalue weighted by Gasteiger charge is -2.01. The van der Waals surface area contributed by atoms with Crippen LogP contribution in [0.3, 0.4) is 0 Å². The van der Waals surface area contributed by atoms with Crippen molar-refractivity contribution in [1.29, 1.82) is 0 Å². The van der Waals surface area contributed by atoms with Crippen molar-refractivity contribution in [2.24, 2.45) is 0 Å². The van der Waals surface area contributed by atoms with Gasteiger partial charge in [0.2, 0.25) is 0 Å². The first kappa shape index (κ1) is 9.04. The molecule has 0 aliphatic carbocycles. The molecule has 0 radical (unpaired) electrons. The summed E-state index contributed by atoms with van der Waals surface area (Å²) in [6.45, 7) is 5.68. The largest absolute Gasteiger partial charge is 0.488 e. The summed E-state index contributed by atoms with van der Waals surface area (Å²) in [4.78, 5) is 0. The SMILES string of the molecule is C=C(C)c1ccc(B(O)O)cc1. The molecule has 0 atom stereocenters. The minimum Gasteiger partial charge on any atom is -0.423 e. The molecule has 62 valence electrons. The van der Waals surface area contributed by atoms with Crippen molar-refractivity contribution in [1.82, 2.24) is 0 Å². The molecule has 0 aliphatic heterocycles. The first-order valence-electron chi connectivity index (χ1n) is 3.73. The highest BCUT2D eigenvalue weighted by Crippen LogP contribution is 2.08. The third-order valence-corrected chi connectivity index (χ3v) is 1.70. The summed E-state index contributed by atoms with van der Waals surface area (Å²) in [6.07, 6.45) is 0. The average Bonchev–Trinajstić information content (AvgIpc) is 2.04. The van der Waals surface area contributed by atoms with Gasteiger partial charge in [-0.1, -0.05) is 36.4 Å². The molecule has 12 heavy (non-hydrogen) atoms. The Morgan fingerprint density at radius 3 is 2.08 bits per heavy atom. The van der Waals surface area contributed by atoms with Crippen LogP contribution in [0.1, 0.15) is 12.5 Å². The van der Waals surface area contributed by atoms with Crippen LogP contribution in [0.5, 0.6) is 0 Å². The molecular formula is C9H11BO2. The molecular weight excluding hydrogens is 151 g/mol. The Morgan fingerprint density at radius 2 is 1.75 bits per heavy atom. The van der Waals surface area contributed by atoms with Crippen molar-refractivity contribution >= 4 is 18.2 Å². The number of allylic oxidation sites excluding steroid dienone is 1. The van der Waals surface area contributed by atoms with Crippen molar-refractivity contribution in [3.63, 3.8) is 0 Å². The minimum atomic E-state index is -1.39. The zero-order valence-electron chi connectivity index (χ0n) is 6.99. The van der Waals surface area contributed by atoms with Gasteiger partial charge in [0, 0.05) is 0 Å². The summed E-state index contributed by atoms with van der Waals surface area (Å²) in [7, 11) is -1.39. The van der Waals surface area contributed by atoms with Gasteiger partial charge in [0.1, 0.15) is 0 Å². The van der Waals surface area contributed by atoms with E-state index in [1.54, 1.807) is 12.1 Å². The quantitative estimate of drug-likeness (QED) is 0.618. The van der Waals surface area contributed by atoms with Crippen LogP contribution in [0.4, 0.5) is 0 Å². The summed E-state index contributed by atoms with van der Waals surface area (Å²) in [5.41, 5.74) is 2.48. The summed E-state index contributed by atoms with van der Waals surface area (Å²) >= 11 is 0. The fraction of sp³-hybridized carbons (Fsp3) is 0.111. The highest BCUT2D eigenvalue weighted by atomic mass is 16.4. The zero-order chi connectivity index (χ0) is 9.14. The molecule has 0 saturated carbocycles. The Labute approximate surface area is 72.3 Å². The topological polar surface area (TPSA) is 40.5 Å². The minimum absolute atomic E-state index is 0.500. The smallest absolute Gasteiger partial charge is 0.423 e. The van der Waals surface area contributed by atoms with E-state index in [4.69, 9.17) is 10.0 Å². The van der Waals surface area contributed by atoms with Crippen LogP contribution >= 0.6 is 0 Å². The molecule has 0 spiro atoms. The highest BCUT2D eigenvalue weighted by molar-refractivity contribution is 6.58. The summed E-state index contributed by atoms with van der Waals surface area (Å²) in [5, 5.41) is 17.6. The normalized spacial score (nSPS) is 9.58. The lowest BCUT2D eigenvalue weighted by Crippen LogP contribution is -2.29. The molecule has 1 rings (SSSR count). The van der Waals surface area contributed by atoms with Gasteiger partial charge >= 0.3 is 7.12 Å². The molecule has 0 amide bonds. The van der Waals surface area contributed by atoms with Crippen LogP contribution in [0.2, 0.25) is 0 Å². The molecule has 0 heterocycles. The standard InChI is InChI=1S/C9H11BO2/c1-7(2)8-3-5-9(6-4-8)10(11)12/h3-6,11-12H,1H2,2H3. The van der Waals surface area contributed by atoms with Gasteiger partial charge in [-0.2, -0.15) is 0 Å². The summed E-state index contributed by atoms with van der Waals surface area (Å²) < 4.78 is 0. The Balaban J connectivity index is 2.93. The van der Waals surface area contributed by atoms with Gasteiger partial charge in [0.15, 0.2) is 0 Å². The van der Waals surface area contributed by atoms with E-state index in [2.05, 4.69) is 6.58 Å². The van der Waals surface area contributed by atoms with E-state index in [9.17, 15) is 0 Å². The number of rotatable bonds is 2. The van der Waals surface area contributed by atoms with Crippen LogP contribution in [0.15, 0.2) is 30.8 Å². The van der Waals surface area contributed by atoms with Gasteiger partial charge < -0.3 is 10.0 Å². The Kier molecular flexibility index (Phi) is 2.68. The van der Waals surface area contributed by atoms with Crippen LogP contribution < -0.4 is 5.46 Å². The second-order valence-electron chi connectivity index (χ2n) is 2.78. The molecule has 1 aromatic carbocycles. The maximum Gasteiger partial charge on any atom is 0.488 e.